The quantitative estimate of drug-likeness (QED) is 0.372. The van der Waals surface area contributed by atoms with Crippen molar-refractivity contribution < 1.29 is 0 Å². The maximum Gasteiger partial charge on any atom is 0.208 e. The van der Waals surface area contributed by atoms with Crippen molar-refractivity contribution in [3.8, 4) is 0 Å². The van der Waals surface area contributed by atoms with E-state index in [9.17, 15) is 0 Å². The molecule has 0 heterocycles. The lowest BCUT2D eigenvalue weighted by Crippen LogP contribution is -2.39. The van der Waals surface area contributed by atoms with Crippen molar-refractivity contribution >= 4 is 11.6 Å². The second-order valence-electron chi connectivity index (χ2n) is 3.11. The summed E-state index contributed by atoms with van der Waals surface area (Å²) in [5.41, 5.74) is 14.2. The fourth-order valence-electron chi connectivity index (χ4n) is 1.26. The topological polar surface area (TPSA) is 62.4 Å². The molecule has 4 heteroatoms. The molecular weight excluding hydrogens is 176 g/mol. The van der Waals surface area contributed by atoms with Gasteiger partial charge < -0.3 is 5.73 Å². The maximum atomic E-state index is 5.63. The molecule has 0 aliphatic heterocycles. The highest BCUT2D eigenvalue weighted by molar-refractivity contribution is 5.81. The van der Waals surface area contributed by atoms with Gasteiger partial charge in [0, 0.05) is 7.05 Å². The number of hydrogen-bond donors (Lipinski definition) is 3. The van der Waals surface area contributed by atoms with Crippen molar-refractivity contribution in [3.05, 3.63) is 29.3 Å². The molecule has 4 N–H and O–H groups in total. The van der Waals surface area contributed by atoms with Crippen LogP contribution in [-0.4, -0.2) is 13.0 Å². The van der Waals surface area contributed by atoms with E-state index in [2.05, 4.69) is 15.8 Å². The summed E-state index contributed by atoms with van der Waals surface area (Å²) in [6.45, 7) is 4.02. The van der Waals surface area contributed by atoms with Gasteiger partial charge in [0.1, 0.15) is 0 Å². The van der Waals surface area contributed by atoms with Gasteiger partial charge in [-0.05, 0) is 25.0 Å². The van der Waals surface area contributed by atoms with Gasteiger partial charge in [-0.1, -0.05) is 18.2 Å². The van der Waals surface area contributed by atoms with Gasteiger partial charge in [0.2, 0.25) is 5.96 Å². The summed E-state index contributed by atoms with van der Waals surface area (Å²) >= 11 is 0. The molecule has 0 amide bonds. The molecule has 4 nitrogen and oxygen atoms in total. The minimum Gasteiger partial charge on any atom is -0.369 e. The summed E-state index contributed by atoms with van der Waals surface area (Å²) < 4.78 is 0. The van der Waals surface area contributed by atoms with Crippen LogP contribution in [0.5, 0.6) is 0 Å². The van der Waals surface area contributed by atoms with Crippen molar-refractivity contribution in [2.75, 3.05) is 7.05 Å². The fourth-order valence-corrected chi connectivity index (χ4v) is 1.26. The number of nitrogens with two attached hydrogens (primary N) is 1. The Bertz CT molecular complexity index is 324. The Morgan fingerprint density at radius 3 is 2.36 bits per heavy atom. The molecule has 0 fully saturated rings. The number of para-hydroxylation sites is 1. The minimum atomic E-state index is 0.366. The molecule has 0 radical (unpaired) electrons. The number of hydrogen-bond acceptors (Lipinski definition) is 2. The lowest BCUT2D eigenvalue weighted by molar-refractivity contribution is 0.762. The third-order valence-electron chi connectivity index (χ3n) is 1.92. The van der Waals surface area contributed by atoms with Gasteiger partial charge in [-0.2, -0.15) is 0 Å². The number of rotatable bonds is 2. The van der Waals surface area contributed by atoms with E-state index in [-0.39, 0.29) is 0 Å². The molecular formula is C10H16N4. The molecule has 0 aromatic heterocycles. The van der Waals surface area contributed by atoms with E-state index in [0.29, 0.717) is 5.96 Å². The first kappa shape index (κ1) is 10.5. The normalized spacial score (nSPS) is 11.5. The van der Waals surface area contributed by atoms with E-state index < -0.39 is 0 Å². The number of aliphatic imine (C=N–C) groups is 1. The minimum absolute atomic E-state index is 0.366. The van der Waals surface area contributed by atoms with Crippen LogP contribution < -0.4 is 16.6 Å². The van der Waals surface area contributed by atoms with E-state index in [0.717, 1.165) is 16.8 Å². The van der Waals surface area contributed by atoms with Crippen molar-refractivity contribution in [1.82, 2.24) is 10.9 Å². The molecule has 1 aromatic rings. The molecule has 1 rings (SSSR count). The molecule has 0 spiro atoms. The van der Waals surface area contributed by atoms with Gasteiger partial charge >= 0.3 is 0 Å². The zero-order valence-electron chi connectivity index (χ0n) is 8.76. The zero-order valence-corrected chi connectivity index (χ0v) is 8.76. The summed E-state index contributed by atoms with van der Waals surface area (Å²) in [6.07, 6.45) is 0. The lowest BCUT2D eigenvalue weighted by Gasteiger charge is -2.06. The standard InChI is InChI=1S/C10H16N4/c1-7-5-4-6-8(2)9(7)13-10(11)14-12-3/h4-6,12H,1-3H3,(H3,11,13,14). The molecule has 0 aliphatic rings. The van der Waals surface area contributed by atoms with E-state index >= 15 is 0 Å². The van der Waals surface area contributed by atoms with E-state index in [1.165, 1.54) is 0 Å². The second-order valence-corrected chi connectivity index (χ2v) is 3.11. The van der Waals surface area contributed by atoms with Crippen LogP contribution in [0.15, 0.2) is 23.2 Å². The number of nitrogens with zero attached hydrogens (tertiary/aromatic N) is 1. The zero-order chi connectivity index (χ0) is 10.6. The highest BCUT2D eigenvalue weighted by atomic mass is 15.4. The summed E-state index contributed by atoms with van der Waals surface area (Å²) in [5.74, 6) is 0.366. The SMILES string of the molecule is CNNC(N)=Nc1c(C)cccc1C. The van der Waals surface area contributed by atoms with Crippen molar-refractivity contribution in [2.45, 2.75) is 13.8 Å². The number of hydrazine groups is 1. The highest BCUT2D eigenvalue weighted by Gasteiger charge is 2.00. The Kier molecular flexibility index (Phi) is 3.48. The van der Waals surface area contributed by atoms with Crippen LogP contribution in [0, 0.1) is 13.8 Å². The average Bonchev–Trinajstić information content (AvgIpc) is 2.12. The van der Waals surface area contributed by atoms with Gasteiger partial charge in [-0.15, -0.1) is 0 Å². The Hall–Kier alpha value is -1.55. The first-order valence-electron chi connectivity index (χ1n) is 4.48. The van der Waals surface area contributed by atoms with E-state index in [4.69, 9.17) is 5.73 Å². The summed E-state index contributed by atoms with van der Waals surface area (Å²) in [7, 11) is 1.74. The predicted octanol–water partition coefficient (Wildman–Crippen LogP) is 0.974. The molecule has 0 saturated carbocycles. The molecule has 0 aliphatic carbocycles. The van der Waals surface area contributed by atoms with E-state index in [1.807, 2.05) is 32.0 Å². The summed E-state index contributed by atoms with van der Waals surface area (Å²) in [6, 6.07) is 6.03. The number of benzene rings is 1. The predicted molar refractivity (Wildman–Crippen MR) is 59.4 cm³/mol. The first-order valence-corrected chi connectivity index (χ1v) is 4.48. The monoisotopic (exact) mass is 192 g/mol. The van der Waals surface area contributed by atoms with Gasteiger partial charge in [-0.3, -0.25) is 5.43 Å². The smallest absolute Gasteiger partial charge is 0.208 e. The highest BCUT2D eigenvalue weighted by Crippen LogP contribution is 2.22. The lowest BCUT2D eigenvalue weighted by atomic mass is 10.1. The van der Waals surface area contributed by atoms with Crippen molar-refractivity contribution in [1.29, 1.82) is 0 Å². The third-order valence-corrected chi connectivity index (χ3v) is 1.92. The Morgan fingerprint density at radius 2 is 1.86 bits per heavy atom. The van der Waals surface area contributed by atoms with Gasteiger partial charge in [0.05, 0.1) is 5.69 Å². The fraction of sp³-hybridized carbons (Fsp3) is 0.300. The number of guanidine groups is 1. The van der Waals surface area contributed by atoms with Crippen LogP contribution in [0.2, 0.25) is 0 Å². The van der Waals surface area contributed by atoms with Gasteiger partial charge in [0.25, 0.3) is 0 Å². The van der Waals surface area contributed by atoms with Crippen LogP contribution in [0.1, 0.15) is 11.1 Å². The molecule has 0 unspecified atom stereocenters. The Labute approximate surface area is 84.2 Å². The van der Waals surface area contributed by atoms with Crippen LogP contribution in [0.25, 0.3) is 0 Å². The number of aryl methyl sites for hydroxylation is 2. The third kappa shape index (κ3) is 2.47. The Morgan fingerprint density at radius 1 is 1.29 bits per heavy atom. The summed E-state index contributed by atoms with van der Waals surface area (Å²) in [4.78, 5) is 4.27. The first-order chi connectivity index (χ1) is 6.65. The van der Waals surface area contributed by atoms with Crippen LogP contribution in [-0.2, 0) is 0 Å². The van der Waals surface area contributed by atoms with Crippen LogP contribution in [0.4, 0.5) is 5.69 Å². The van der Waals surface area contributed by atoms with Crippen LogP contribution >= 0.6 is 0 Å². The second kappa shape index (κ2) is 4.62. The molecule has 0 atom stereocenters. The molecule has 0 saturated heterocycles. The van der Waals surface area contributed by atoms with Crippen molar-refractivity contribution in [3.63, 3.8) is 0 Å². The van der Waals surface area contributed by atoms with E-state index in [1.54, 1.807) is 7.05 Å². The summed E-state index contributed by atoms with van der Waals surface area (Å²) in [5, 5.41) is 0. The molecule has 14 heavy (non-hydrogen) atoms. The molecule has 0 bridgehead atoms. The van der Waals surface area contributed by atoms with Gasteiger partial charge in [0.15, 0.2) is 0 Å². The van der Waals surface area contributed by atoms with Crippen molar-refractivity contribution in [2.24, 2.45) is 10.7 Å². The molecule has 76 valence electrons. The van der Waals surface area contributed by atoms with Gasteiger partial charge in [-0.25, -0.2) is 10.4 Å². The largest absolute Gasteiger partial charge is 0.369 e. The average molecular weight is 192 g/mol. The number of nitrogens with one attached hydrogen (secondary N) is 2. The van der Waals surface area contributed by atoms with Crippen LogP contribution in [0.3, 0.4) is 0 Å². The Balaban J connectivity index is 3.01. The molecule has 1 aromatic carbocycles. The maximum absolute atomic E-state index is 5.63.